The lowest BCUT2D eigenvalue weighted by Crippen LogP contribution is -2.02. The number of ether oxygens (including phenoxy) is 2. The summed E-state index contributed by atoms with van der Waals surface area (Å²) in [6.45, 7) is 1.89. The number of methoxy groups -OCH3 is 1. The molecule has 0 amide bonds. The summed E-state index contributed by atoms with van der Waals surface area (Å²) in [6.07, 6.45) is 0. The summed E-state index contributed by atoms with van der Waals surface area (Å²) in [6, 6.07) is 3.94. The molecule has 0 N–H and O–H groups in total. The number of benzene rings is 1. The van der Waals surface area contributed by atoms with E-state index < -0.39 is 10.9 Å². The molecule has 1 aromatic carbocycles. The lowest BCUT2D eigenvalue weighted by atomic mass is 10.2. The van der Waals surface area contributed by atoms with Crippen molar-refractivity contribution in [1.82, 2.24) is 0 Å². The molecule has 0 unspecified atom stereocenters. The highest BCUT2D eigenvalue weighted by atomic mass is 16.6. The molecule has 7 heteroatoms. The van der Waals surface area contributed by atoms with Gasteiger partial charge >= 0.3 is 5.97 Å². The van der Waals surface area contributed by atoms with Gasteiger partial charge in [-0.2, -0.15) is 0 Å². The van der Waals surface area contributed by atoms with Crippen LogP contribution in [0, 0.1) is 10.1 Å². The number of hydrogen-bond donors (Lipinski definition) is 0. The Hall–Kier alpha value is -2.57. The number of nitro groups is 1. The van der Waals surface area contributed by atoms with Crippen LogP contribution in [0.5, 0.6) is 5.75 Å². The Kier molecular flexibility index (Phi) is 3.37. The molecule has 2 rings (SSSR count). The third-order valence-corrected chi connectivity index (χ3v) is 2.47. The fourth-order valence-electron chi connectivity index (χ4n) is 1.67. The summed E-state index contributed by atoms with van der Waals surface area (Å²) < 4.78 is 15.1. The standard InChI is InChI=1S/C12H11NO6/c1-3-18-12(14)10-5-7-4-8(13(15)16)6-9(17-2)11(7)19-10/h4-6H,3H2,1-2H3. The van der Waals surface area contributed by atoms with E-state index >= 15 is 0 Å². The van der Waals surface area contributed by atoms with Gasteiger partial charge in [0.2, 0.25) is 5.76 Å². The van der Waals surface area contributed by atoms with E-state index in [0.29, 0.717) is 5.39 Å². The Bertz CT molecular complexity index is 645. The molecule has 7 nitrogen and oxygen atoms in total. The summed E-state index contributed by atoms with van der Waals surface area (Å²) >= 11 is 0. The number of carbonyl (C=O) groups excluding carboxylic acids is 1. The largest absolute Gasteiger partial charge is 0.493 e. The van der Waals surface area contributed by atoms with E-state index in [1.54, 1.807) is 6.92 Å². The van der Waals surface area contributed by atoms with Gasteiger partial charge in [-0.05, 0) is 13.0 Å². The fourth-order valence-corrected chi connectivity index (χ4v) is 1.67. The lowest BCUT2D eigenvalue weighted by molar-refractivity contribution is -0.384. The van der Waals surface area contributed by atoms with E-state index in [9.17, 15) is 14.9 Å². The van der Waals surface area contributed by atoms with E-state index in [2.05, 4.69) is 0 Å². The van der Waals surface area contributed by atoms with Crippen LogP contribution >= 0.6 is 0 Å². The van der Waals surface area contributed by atoms with Crippen molar-refractivity contribution in [2.75, 3.05) is 13.7 Å². The molecule has 1 aromatic heterocycles. The molecule has 0 bridgehead atoms. The van der Waals surface area contributed by atoms with Crippen LogP contribution < -0.4 is 4.74 Å². The number of nitro benzene ring substituents is 1. The van der Waals surface area contributed by atoms with E-state index in [0.717, 1.165) is 0 Å². The first-order valence-corrected chi connectivity index (χ1v) is 5.50. The van der Waals surface area contributed by atoms with Crippen molar-refractivity contribution in [3.8, 4) is 5.75 Å². The van der Waals surface area contributed by atoms with E-state index in [-0.39, 0.29) is 29.4 Å². The normalized spacial score (nSPS) is 10.4. The third-order valence-electron chi connectivity index (χ3n) is 2.47. The Morgan fingerprint density at radius 1 is 1.42 bits per heavy atom. The number of hydrogen-bond acceptors (Lipinski definition) is 6. The summed E-state index contributed by atoms with van der Waals surface area (Å²) in [5.41, 5.74) is 0.136. The third kappa shape index (κ3) is 2.35. The number of furan rings is 1. The van der Waals surface area contributed by atoms with Crippen LogP contribution in [-0.2, 0) is 4.74 Å². The highest BCUT2D eigenvalue weighted by molar-refractivity contribution is 5.95. The molecule has 0 aliphatic rings. The Morgan fingerprint density at radius 3 is 2.74 bits per heavy atom. The molecule has 0 aliphatic carbocycles. The predicted octanol–water partition coefficient (Wildman–Crippen LogP) is 2.53. The fraction of sp³-hybridized carbons (Fsp3) is 0.250. The molecule has 19 heavy (non-hydrogen) atoms. The number of fused-ring (bicyclic) bond motifs is 1. The molecule has 0 saturated carbocycles. The van der Waals surface area contributed by atoms with Gasteiger partial charge in [0.05, 0.1) is 24.7 Å². The quantitative estimate of drug-likeness (QED) is 0.479. The molecule has 0 aliphatic heterocycles. The molecule has 0 saturated heterocycles. The minimum Gasteiger partial charge on any atom is -0.493 e. The van der Waals surface area contributed by atoms with Crippen molar-refractivity contribution in [2.24, 2.45) is 0 Å². The summed E-state index contributed by atoms with van der Waals surface area (Å²) in [5.74, 6) is -0.446. The Balaban J connectivity index is 2.57. The number of non-ortho nitro benzene ring substituents is 1. The zero-order valence-electron chi connectivity index (χ0n) is 10.3. The van der Waals surface area contributed by atoms with Crippen molar-refractivity contribution in [2.45, 2.75) is 6.92 Å². The zero-order chi connectivity index (χ0) is 14.0. The van der Waals surface area contributed by atoms with Crippen molar-refractivity contribution < 1.29 is 23.6 Å². The maximum absolute atomic E-state index is 11.5. The smallest absolute Gasteiger partial charge is 0.374 e. The Labute approximate surface area is 107 Å². The van der Waals surface area contributed by atoms with Gasteiger partial charge in [-0.3, -0.25) is 10.1 Å². The van der Waals surface area contributed by atoms with E-state index in [1.165, 1.54) is 25.3 Å². The first-order valence-electron chi connectivity index (χ1n) is 5.50. The van der Waals surface area contributed by atoms with E-state index in [1.807, 2.05) is 0 Å². The lowest BCUT2D eigenvalue weighted by Gasteiger charge is -2.00. The number of carbonyl (C=O) groups is 1. The van der Waals surface area contributed by atoms with Gasteiger partial charge in [0, 0.05) is 11.5 Å². The predicted molar refractivity (Wildman–Crippen MR) is 65.4 cm³/mol. The average Bonchev–Trinajstić information content (AvgIpc) is 2.81. The summed E-state index contributed by atoms with van der Waals surface area (Å²) in [7, 11) is 1.37. The van der Waals surface area contributed by atoms with Gasteiger partial charge in [0.25, 0.3) is 5.69 Å². The van der Waals surface area contributed by atoms with Crippen LogP contribution in [0.3, 0.4) is 0 Å². The summed E-state index contributed by atoms with van der Waals surface area (Å²) in [5, 5.41) is 11.2. The van der Waals surface area contributed by atoms with Crippen molar-refractivity contribution in [3.63, 3.8) is 0 Å². The van der Waals surface area contributed by atoms with Crippen molar-refractivity contribution in [3.05, 3.63) is 34.1 Å². The Morgan fingerprint density at radius 2 is 2.16 bits per heavy atom. The molecule has 0 spiro atoms. The van der Waals surface area contributed by atoms with Crippen LogP contribution in [0.2, 0.25) is 0 Å². The van der Waals surface area contributed by atoms with Gasteiger partial charge in [0.1, 0.15) is 0 Å². The first kappa shape index (κ1) is 12.9. The second-order valence-corrected chi connectivity index (χ2v) is 3.65. The highest BCUT2D eigenvalue weighted by Gasteiger charge is 2.19. The summed E-state index contributed by atoms with van der Waals surface area (Å²) in [4.78, 5) is 21.8. The van der Waals surface area contributed by atoms with Crippen molar-refractivity contribution in [1.29, 1.82) is 0 Å². The first-order chi connectivity index (χ1) is 9.06. The van der Waals surface area contributed by atoms with Gasteiger partial charge in [-0.15, -0.1) is 0 Å². The second-order valence-electron chi connectivity index (χ2n) is 3.65. The van der Waals surface area contributed by atoms with Crippen LogP contribution in [0.25, 0.3) is 11.0 Å². The topological polar surface area (TPSA) is 91.8 Å². The number of nitrogens with zero attached hydrogens (tertiary/aromatic N) is 1. The molecule has 0 fully saturated rings. The molecule has 2 aromatic rings. The van der Waals surface area contributed by atoms with Gasteiger partial charge < -0.3 is 13.9 Å². The zero-order valence-corrected chi connectivity index (χ0v) is 10.3. The average molecular weight is 265 g/mol. The maximum Gasteiger partial charge on any atom is 0.374 e. The maximum atomic E-state index is 11.5. The van der Waals surface area contributed by atoms with Crippen LogP contribution in [-0.4, -0.2) is 24.6 Å². The molecular weight excluding hydrogens is 254 g/mol. The van der Waals surface area contributed by atoms with E-state index in [4.69, 9.17) is 13.9 Å². The molecule has 100 valence electrons. The molecular formula is C12H11NO6. The number of rotatable bonds is 4. The minimum absolute atomic E-state index is 0.0179. The monoisotopic (exact) mass is 265 g/mol. The van der Waals surface area contributed by atoms with Crippen LogP contribution in [0.15, 0.2) is 22.6 Å². The molecule has 1 heterocycles. The van der Waals surface area contributed by atoms with Crippen molar-refractivity contribution >= 4 is 22.6 Å². The van der Waals surface area contributed by atoms with Crippen LogP contribution in [0.1, 0.15) is 17.5 Å². The van der Waals surface area contributed by atoms with Gasteiger partial charge in [-0.1, -0.05) is 0 Å². The minimum atomic E-state index is -0.622. The number of esters is 1. The molecule has 0 radical (unpaired) electrons. The highest BCUT2D eigenvalue weighted by Crippen LogP contribution is 2.33. The SMILES string of the molecule is CCOC(=O)c1cc2cc([N+](=O)[O-])cc(OC)c2o1. The van der Waals surface area contributed by atoms with Gasteiger partial charge in [-0.25, -0.2) is 4.79 Å². The second kappa shape index (κ2) is 4.97. The van der Waals surface area contributed by atoms with Gasteiger partial charge in [0.15, 0.2) is 11.3 Å². The molecule has 0 atom stereocenters. The van der Waals surface area contributed by atoms with Crippen LogP contribution in [0.4, 0.5) is 5.69 Å².